The molecule has 2 N–H and O–H groups in total. The highest BCUT2D eigenvalue weighted by molar-refractivity contribution is 7.91. The van der Waals surface area contributed by atoms with Gasteiger partial charge in [-0.1, -0.05) is 0 Å². The number of carboxylic acids is 1. The van der Waals surface area contributed by atoms with E-state index >= 15 is 0 Å². The van der Waals surface area contributed by atoms with Crippen LogP contribution in [0.25, 0.3) is 0 Å². The molecule has 1 atom stereocenters. The monoisotopic (exact) mass is 334 g/mol. The predicted molar refractivity (Wildman–Crippen MR) is 78.8 cm³/mol. The largest absolute Gasteiger partial charge is 0.481 e. The molecule has 0 aromatic carbocycles. The van der Waals surface area contributed by atoms with Gasteiger partial charge in [0, 0.05) is 18.5 Å². The summed E-state index contributed by atoms with van der Waals surface area (Å²) in [6.45, 7) is 3.74. The molecule has 1 unspecified atom stereocenters. The molecule has 0 aliphatic heterocycles. The molecule has 9 heteroatoms. The third-order valence-electron chi connectivity index (χ3n) is 2.78. The zero-order valence-electron chi connectivity index (χ0n) is 12.0. The van der Waals surface area contributed by atoms with Crippen LogP contribution >= 0.6 is 11.3 Å². The van der Waals surface area contributed by atoms with Crippen molar-refractivity contribution in [3.63, 3.8) is 0 Å². The zero-order valence-corrected chi connectivity index (χ0v) is 13.6. The van der Waals surface area contributed by atoms with Crippen molar-refractivity contribution in [2.75, 3.05) is 13.6 Å². The Balaban J connectivity index is 2.84. The van der Waals surface area contributed by atoms with Crippen molar-refractivity contribution in [3.05, 3.63) is 17.0 Å². The van der Waals surface area contributed by atoms with Crippen molar-refractivity contribution in [1.29, 1.82) is 0 Å². The molecule has 0 fully saturated rings. The van der Waals surface area contributed by atoms with Gasteiger partial charge in [-0.05, 0) is 26.0 Å². The number of carbonyl (C=O) groups is 2. The molecule has 0 aliphatic rings. The van der Waals surface area contributed by atoms with Gasteiger partial charge in [0.25, 0.3) is 10.0 Å². The number of amides is 1. The van der Waals surface area contributed by atoms with Gasteiger partial charge < -0.3 is 10.0 Å². The van der Waals surface area contributed by atoms with Crippen LogP contribution in [-0.4, -0.2) is 49.9 Å². The van der Waals surface area contributed by atoms with Crippen molar-refractivity contribution in [3.8, 4) is 0 Å². The second-order valence-electron chi connectivity index (χ2n) is 4.49. The molecule has 0 bridgehead atoms. The van der Waals surface area contributed by atoms with E-state index in [-0.39, 0.29) is 16.5 Å². The molecule has 1 heterocycles. The number of carboxylic acid groups (broad SMARTS) is 1. The first-order valence-corrected chi connectivity index (χ1v) is 8.55. The predicted octanol–water partition coefficient (Wildman–Crippen LogP) is 0.520. The Bertz CT molecular complexity index is 623. The van der Waals surface area contributed by atoms with Gasteiger partial charge in [0.1, 0.15) is 4.21 Å². The minimum atomic E-state index is -3.83. The standard InChI is InChI=1S/C12H18N2O5S2/c1-4-14(3)12(17)8(2)13-21(18,19)11-6-5-9(20-11)7-10(15)16/h5-6,8,13H,4,7H2,1-3H3,(H,15,16). The minimum Gasteiger partial charge on any atom is -0.481 e. The molecular formula is C12H18N2O5S2. The average molecular weight is 334 g/mol. The summed E-state index contributed by atoms with van der Waals surface area (Å²) >= 11 is 0.880. The number of sulfonamides is 1. The van der Waals surface area contributed by atoms with E-state index in [1.54, 1.807) is 14.0 Å². The van der Waals surface area contributed by atoms with Crippen LogP contribution in [0.15, 0.2) is 16.3 Å². The van der Waals surface area contributed by atoms with E-state index in [0.717, 1.165) is 11.3 Å². The van der Waals surface area contributed by atoms with Gasteiger partial charge in [0.05, 0.1) is 12.5 Å². The lowest BCUT2D eigenvalue weighted by Gasteiger charge is -2.20. The number of hydrogen-bond acceptors (Lipinski definition) is 5. The number of carbonyl (C=O) groups excluding carboxylic acids is 1. The van der Waals surface area contributed by atoms with Gasteiger partial charge in [-0.25, -0.2) is 8.42 Å². The Kier molecular flexibility index (Phi) is 5.87. The van der Waals surface area contributed by atoms with Crippen molar-refractivity contribution in [1.82, 2.24) is 9.62 Å². The van der Waals surface area contributed by atoms with Crippen molar-refractivity contribution < 1.29 is 23.1 Å². The fourth-order valence-corrected chi connectivity index (χ4v) is 4.13. The maximum atomic E-state index is 12.1. The Morgan fingerprint density at radius 1 is 1.43 bits per heavy atom. The molecule has 1 aromatic rings. The van der Waals surface area contributed by atoms with Crippen molar-refractivity contribution >= 4 is 33.2 Å². The maximum absolute atomic E-state index is 12.1. The summed E-state index contributed by atoms with van der Waals surface area (Å²) in [6.07, 6.45) is -0.229. The molecule has 0 aliphatic carbocycles. The lowest BCUT2D eigenvalue weighted by atomic mass is 10.3. The third-order valence-corrected chi connectivity index (χ3v) is 5.90. The lowest BCUT2D eigenvalue weighted by molar-refractivity contribution is -0.136. The number of nitrogens with one attached hydrogen (secondary N) is 1. The van der Waals surface area contributed by atoms with Gasteiger partial charge in [0.15, 0.2) is 0 Å². The molecule has 0 radical (unpaired) electrons. The average Bonchev–Trinajstić information content (AvgIpc) is 2.84. The van der Waals surface area contributed by atoms with Gasteiger partial charge in [-0.2, -0.15) is 4.72 Å². The van der Waals surface area contributed by atoms with E-state index in [9.17, 15) is 18.0 Å². The SMILES string of the molecule is CCN(C)C(=O)C(C)NS(=O)(=O)c1ccc(CC(=O)O)s1. The fraction of sp³-hybridized carbons (Fsp3) is 0.500. The van der Waals surface area contributed by atoms with E-state index in [0.29, 0.717) is 11.4 Å². The highest BCUT2D eigenvalue weighted by atomic mass is 32.2. The van der Waals surface area contributed by atoms with Gasteiger partial charge in [-0.15, -0.1) is 11.3 Å². The first-order valence-electron chi connectivity index (χ1n) is 6.25. The Labute approximate surface area is 127 Å². The lowest BCUT2D eigenvalue weighted by Crippen LogP contribution is -2.45. The first kappa shape index (κ1) is 17.6. The van der Waals surface area contributed by atoms with Crippen LogP contribution in [0.1, 0.15) is 18.7 Å². The Morgan fingerprint density at radius 3 is 2.57 bits per heavy atom. The molecule has 118 valence electrons. The van der Waals surface area contributed by atoms with Crippen molar-refractivity contribution in [2.45, 2.75) is 30.5 Å². The van der Waals surface area contributed by atoms with Crippen LogP contribution in [0.3, 0.4) is 0 Å². The smallest absolute Gasteiger partial charge is 0.308 e. The Hall–Kier alpha value is -1.45. The molecule has 1 amide bonds. The summed E-state index contributed by atoms with van der Waals surface area (Å²) in [5, 5.41) is 8.68. The maximum Gasteiger partial charge on any atom is 0.308 e. The summed E-state index contributed by atoms with van der Waals surface area (Å²) in [5.41, 5.74) is 0. The van der Waals surface area contributed by atoms with Gasteiger partial charge in [0.2, 0.25) is 5.91 Å². The number of aliphatic carboxylic acids is 1. The normalized spacial score (nSPS) is 12.9. The summed E-state index contributed by atoms with van der Waals surface area (Å²) < 4.78 is 26.6. The van der Waals surface area contributed by atoms with Crippen LogP contribution in [-0.2, 0) is 26.0 Å². The van der Waals surface area contributed by atoms with E-state index in [2.05, 4.69) is 4.72 Å². The molecule has 1 aromatic heterocycles. The first-order chi connectivity index (χ1) is 9.67. The molecule has 21 heavy (non-hydrogen) atoms. The van der Waals surface area contributed by atoms with Gasteiger partial charge in [-0.3, -0.25) is 9.59 Å². The molecule has 7 nitrogen and oxygen atoms in total. The minimum absolute atomic E-state index is 0.00227. The summed E-state index contributed by atoms with van der Waals surface area (Å²) in [5.74, 6) is -1.36. The third kappa shape index (κ3) is 4.80. The van der Waals surface area contributed by atoms with E-state index < -0.39 is 22.0 Å². The highest BCUT2D eigenvalue weighted by Gasteiger charge is 2.25. The van der Waals surface area contributed by atoms with Crippen LogP contribution in [0.5, 0.6) is 0 Å². The van der Waals surface area contributed by atoms with Crippen LogP contribution in [0, 0.1) is 0 Å². The van der Waals surface area contributed by atoms with E-state index in [1.807, 2.05) is 0 Å². The second kappa shape index (κ2) is 7.01. The highest BCUT2D eigenvalue weighted by Crippen LogP contribution is 2.22. The topological polar surface area (TPSA) is 104 Å². The van der Waals surface area contributed by atoms with E-state index in [1.165, 1.54) is 24.0 Å². The van der Waals surface area contributed by atoms with Crippen LogP contribution in [0.2, 0.25) is 0 Å². The number of rotatable bonds is 7. The fourth-order valence-electron chi connectivity index (χ4n) is 1.57. The van der Waals surface area contributed by atoms with Crippen LogP contribution < -0.4 is 4.72 Å². The number of hydrogen-bond donors (Lipinski definition) is 2. The van der Waals surface area contributed by atoms with Gasteiger partial charge >= 0.3 is 5.97 Å². The zero-order chi connectivity index (χ0) is 16.2. The van der Waals surface area contributed by atoms with E-state index in [4.69, 9.17) is 5.11 Å². The summed E-state index contributed by atoms with van der Waals surface area (Å²) in [6, 6.07) is 1.91. The quantitative estimate of drug-likeness (QED) is 0.756. The van der Waals surface area contributed by atoms with Crippen LogP contribution in [0.4, 0.5) is 0 Å². The molecule has 0 saturated carbocycles. The summed E-state index contributed by atoms with van der Waals surface area (Å²) in [7, 11) is -2.25. The molecular weight excluding hydrogens is 316 g/mol. The summed E-state index contributed by atoms with van der Waals surface area (Å²) in [4.78, 5) is 24.3. The number of nitrogens with zero attached hydrogens (tertiary/aromatic N) is 1. The second-order valence-corrected chi connectivity index (χ2v) is 7.60. The number of thiophene rings is 1. The molecule has 0 spiro atoms. The molecule has 1 rings (SSSR count). The van der Waals surface area contributed by atoms with Crippen molar-refractivity contribution in [2.24, 2.45) is 0 Å². The number of likely N-dealkylation sites (N-methyl/N-ethyl adjacent to an activating group) is 1. The molecule has 0 saturated heterocycles. The Morgan fingerprint density at radius 2 is 2.05 bits per heavy atom.